The van der Waals surface area contributed by atoms with Crippen molar-refractivity contribution in [3.05, 3.63) is 77.4 Å². The summed E-state index contributed by atoms with van der Waals surface area (Å²) in [4.78, 5) is 11.2. The molecule has 0 radical (unpaired) electrons. The summed E-state index contributed by atoms with van der Waals surface area (Å²) < 4.78 is 0. The van der Waals surface area contributed by atoms with Crippen molar-refractivity contribution in [3.63, 3.8) is 0 Å². The minimum Gasteiger partial charge on any atom is -0.386 e. The van der Waals surface area contributed by atoms with Gasteiger partial charge in [-0.15, -0.1) is 0 Å². The van der Waals surface area contributed by atoms with E-state index in [1.165, 1.54) is 5.56 Å². The number of allylic oxidation sites excluding steroid dienone is 1. The predicted molar refractivity (Wildman–Crippen MR) is 116 cm³/mol. The van der Waals surface area contributed by atoms with E-state index < -0.39 is 5.60 Å². The maximum absolute atomic E-state index is 11.2. The predicted octanol–water partition coefficient (Wildman–Crippen LogP) is 4.84. The van der Waals surface area contributed by atoms with Crippen LogP contribution >= 0.6 is 0 Å². The van der Waals surface area contributed by atoms with Crippen LogP contribution in [0.4, 0.5) is 5.69 Å². The van der Waals surface area contributed by atoms with Crippen molar-refractivity contribution in [2.24, 2.45) is 5.10 Å². The van der Waals surface area contributed by atoms with Crippen LogP contribution in [0.3, 0.4) is 0 Å². The standard InChI is InChI=1S/C24H26N2O2/c1-18(17-27)25-26(23-10-6-8-20-7-4-5-9-22(20)23)21-13-11-19(12-14-21)15-16-24(2,3)28/h4-5,7,9-17,28H,6,8H2,1-3H3/b16-15+,25-18+. The third kappa shape index (κ3) is 4.84. The Balaban J connectivity index is 1.99. The Labute approximate surface area is 166 Å². The van der Waals surface area contributed by atoms with Gasteiger partial charge in [-0.05, 0) is 56.9 Å². The average molecular weight is 374 g/mol. The number of hydrogen-bond donors (Lipinski definition) is 1. The Kier molecular flexibility index (Phi) is 5.90. The number of anilines is 1. The smallest absolute Gasteiger partial charge is 0.165 e. The fourth-order valence-corrected chi connectivity index (χ4v) is 3.12. The van der Waals surface area contributed by atoms with E-state index in [4.69, 9.17) is 0 Å². The molecule has 1 N–H and O–H groups in total. The van der Waals surface area contributed by atoms with E-state index in [0.717, 1.165) is 41.6 Å². The number of hydrogen-bond acceptors (Lipinski definition) is 4. The fourth-order valence-electron chi connectivity index (χ4n) is 3.12. The number of hydrazone groups is 1. The molecule has 0 saturated heterocycles. The molecule has 0 unspecified atom stereocenters. The van der Waals surface area contributed by atoms with Crippen LogP contribution in [0.5, 0.6) is 0 Å². The van der Waals surface area contributed by atoms with Crippen molar-refractivity contribution in [1.29, 1.82) is 0 Å². The summed E-state index contributed by atoms with van der Waals surface area (Å²) in [7, 11) is 0. The Morgan fingerprint density at radius 2 is 1.86 bits per heavy atom. The maximum Gasteiger partial charge on any atom is 0.165 e. The van der Waals surface area contributed by atoms with Crippen molar-refractivity contribution >= 4 is 29.5 Å². The van der Waals surface area contributed by atoms with Crippen LogP contribution in [0.25, 0.3) is 11.8 Å². The monoisotopic (exact) mass is 374 g/mol. The number of rotatable bonds is 6. The van der Waals surface area contributed by atoms with E-state index >= 15 is 0 Å². The van der Waals surface area contributed by atoms with E-state index in [1.807, 2.05) is 41.4 Å². The van der Waals surface area contributed by atoms with Gasteiger partial charge >= 0.3 is 0 Å². The van der Waals surface area contributed by atoms with Gasteiger partial charge in [-0.1, -0.05) is 54.6 Å². The van der Waals surface area contributed by atoms with Crippen molar-refractivity contribution in [1.82, 2.24) is 0 Å². The highest BCUT2D eigenvalue weighted by molar-refractivity contribution is 6.27. The Morgan fingerprint density at radius 3 is 2.54 bits per heavy atom. The van der Waals surface area contributed by atoms with E-state index in [2.05, 4.69) is 29.4 Å². The summed E-state index contributed by atoms with van der Waals surface area (Å²) in [5, 5.41) is 16.3. The maximum atomic E-state index is 11.2. The highest BCUT2D eigenvalue weighted by Crippen LogP contribution is 2.33. The summed E-state index contributed by atoms with van der Waals surface area (Å²) in [6.45, 7) is 5.18. The first-order valence-corrected chi connectivity index (χ1v) is 9.48. The number of aliphatic hydroxyl groups is 1. The van der Waals surface area contributed by atoms with Crippen LogP contribution in [-0.2, 0) is 11.2 Å². The van der Waals surface area contributed by atoms with Gasteiger partial charge in [0, 0.05) is 5.56 Å². The molecule has 0 saturated carbocycles. The summed E-state index contributed by atoms with van der Waals surface area (Å²) >= 11 is 0. The van der Waals surface area contributed by atoms with Gasteiger partial charge in [0.25, 0.3) is 0 Å². The van der Waals surface area contributed by atoms with Crippen LogP contribution in [0, 0.1) is 0 Å². The zero-order chi connectivity index (χ0) is 20.1. The van der Waals surface area contributed by atoms with Crippen LogP contribution in [0.15, 0.2) is 65.8 Å². The molecule has 1 aliphatic rings. The molecule has 1 aliphatic carbocycles. The molecular formula is C24H26N2O2. The van der Waals surface area contributed by atoms with Crippen LogP contribution in [0.1, 0.15) is 43.9 Å². The Morgan fingerprint density at radius 1 is 1.14 bits per heavy atom. The molecular weight excluding hydrogens is 348 g/mol. The number of aryl methyl sites for hydroxylation is 1. The lowest BCUT2D eigenvalue weighted by molar-refractivity contribution is -0.102. The quantitative estimate of drug-likeness (QED) is 0.447. The zero-order valence-electron chi connectivity index (χ0n) is 16.6. The summed E-state index contributed by atoms with van der Waals surface area (Å²) in [6, 6.07) is 16.2. The highest BCUT2D eigenvalue weighted by Gasteiger charge is 2.19. The number of carbonyl (C=O) groups is 1. The molecule has 3 rings (SSSR count). The molecule has 0 amide bonds. The fraction of sp³-hybridized carbons (Fsp3) is 0.250. The van der Waals surface area contributed by atoms with Crippen LogP contribution in [0.2, 0.25) is 0 Å². The molecule has 28 heavy (non-hydrogen) atoms. The number of nitrogens with zero attached hydrogens (tertiary/aromatic N) is 2. The second kappa shape index (κ2) is 8.36. The first kappa shape index (κ1) is 19.8. The first-order chi connectivity index (χ1) is 13.4. The molecule has 0 spiro atoms. The van der Waals surface area contributed by atoms with Crippen molar-refractivity contribution in [2.75, 3.05) is 5.01 Å². The molecule has 0 aromatic heterocycles. The van der Waals surface area contributed by atoms with Gasteiger partial charge in [0.1, 0.15) is 0 Å². The third-order valence-electron chi connectivity index (χ3n) is 4.52. The SMILES string of the molecule is C/C(C=O)=N\N(C1=CCCc2ccccc21)c1ccc(/C=C/C(C)(C)O)cc1. The largest absolute Gasteiger partial charge is 0.386 e. The summed E-state index contributed by atoms with van der Waals surface area (Å²) in [5.74, 6) is 0. The normalized spacial score (nSPS) is 14.6. The Hall–Kier alpha value is -2.98. The van der Waals surface area contributed by atoms with Crippen molar-refractivity contribution in [3.8, 4) is 0 Å². The highest BCUT2D eigenvalue weighted by atomic mass is 16.3. The van der Waals surface area contributed by atoms with E-state index in [0.29, 0.717) is 5.71 Å². The van der Waals surface area contributed by atoms with E-state index in [1.54, 1.807) is 26.8 Å². The van der Waals surface area contributed by atoms with Gasteiger partial charge in [-0.25, -0.2) is 5.01 Å². The molecule has 0 fully saturated rings. The molecule has 0 atom stereocenters. The lowest BCUT2D eigenvalue weighted by Crippen LogP contribution is -2.20. The second-order valence-corrected chi connectivity index (χ2v) is 7.53. The molecule has 2 aromatic carbocycles. The molecule has 0 heterocycles. The first-order valence-electron chi connectivity index (χ1n) is 9.48. The molecule has 0 bridgehead atoms. The second-order valence-electron chi connectivity index (χ2n) is 7.53. The minimum absolute atomic E-state index is 0.412. The minimum atomic E-state index is -0.854. The molecule has 0 aliphatic heterocycles. The van der Waals surface area contributed by atoms with Gasteiger partial charge in [0.15, 0.2) is 6.29 Å². The third-order valence-corrected chi connectivity index (χ3v) is 4.52. The average Bonchev–Trinajstić information content (AvgIpc) is 2.70. The number of aldehydes is 1. The number of fused-ring (bicyclic) bond motifs is 1. The molecule has 2 aromatic rings. The Bertz CT molecular complexity index is 932. The molecule has 144 valence electrons. The van der Waals surface area contributed by atoms with Gasteiger partial charge in [-0.3, -0.25) is 4.79 Å². The number of benzene rings is 2. The zero-order valence-corrected chi connectivity index (χ0v) is 16.6. The van der Waals surface area contributed by atoms with Crippen LogP contribution < -0.4 is 5.01 Å². The van der Waals surface area contributed by atoms with E-state index in [9.17, 15) is 9.90 Å². The molecule has 4 heteroatoms. The summed E-state index contributed by atoms with van der Waals surface area (Å²) in [5.41, 5.74) is 4.84. The van der Waals surface area contributed by atoms with Crippen molar-refractivity contribution in [2.45, 2.75) is 39.2 Å². The van der Waals surface area contributed by atoms with Crippen molar-refractivity contribution < 1.29 is 9.90 Å². The van der Waals surface area contributed by atoms with Gasteiger partial charge < -0.3 is 5.11 Å². The van der Waals surface area contributed by atoms with Gasteiger partial charge in [-0.2, -0.15) is 5.10 Å². The lowest BCUT2D eigenvalue weighted by atomic mass is 9.94. The van der Waals surface area contributed by atoms with Crippen LogP contribution in [-0.4, -0.2) is 22.7 Å². The van der Waals surface area contributed by atoms with E-state index in [-0.39, 0.29) is 0 Å². The lowest BCUT2D eigenvalue weighted by Gasteiger charge is -2.27. The van der Waals surface area contributed by atoms with Gasteiger partial charge in [0.2, 0.25) is 0 Å². The topological polar surface area (TPSA) is 52.9 Å². The summed E-state index contributed by atoms with van der Waals surface area (Å²) in [6.07, 6.45) is 8.53. The molecule has 4 nitrogen and oxygen atoms in total. The number of carbonyl (C=O) groups excluding carboxylic acids is 1. The van der Waals surface area contributed by atoms with Gasteiger partial charge in [0.05, 0.1) is 22.7 Å².